The van der Waals surface area contributed by atoms with Gasteiger partial charge < -0.3 is 0 Å². The fourth-order valence-corrected chi connectivity index (χ4v) is 4.40. The lowest BCUT2D eigenvalue weighted by Gasteiger charge is -2.11. The van der Waals surface area contributed by atoms with Crippen LogP contribution in [0.1, 0.15) is 5.56 Å². The molecule has 0 atom stereocenters. The number of carbonyl (C=O) groups is 2. The van der Waals surface area contributed by atoms with Gasteiger partial charge in [0.15, 0.2) is 0 Å². The number of carbonyl (C=O) groups excluding carboxylic acids is 2. The largest absolute Gasteiger partial charge is 0.298 e. The van der Waals surface area contributed by atoms with E-state index >= 15 is 0 Å². The maximum atomic E-state index is 13.1. The highest BCUT2D eigenvalue weighted by Gasteiger charge is 2.36. The number of rotatable bonds is 4. The van der Waals surface area contributed by atoms with E-state index in [0.29, 0.717) is 21.3 Å². The Morgan fingerprint density at radius 3 is 2.09 bits per heavy atom. The number of halogens is 1. The quantitative estimate of drug-likeness (QED) is 0.331. The van der Waals surface area contributed by atoms with Gasteiger partial charge in [-0.3, -0.25) is 9.59 Å². The summed E-state index contributed by atoms with van der Waals surface area (Å²) in [6.45, 7) is 0. The van der Waals surface area contributed by atoms with Crippen molar-refractivity contribution in [1.82, 2.24) is 9.78 Å². The second kappa shape index (κ2) is 8.49. The summed E-state index contributed by atoms with van der Waals surface area (Å²) < 4.78 is 1.76. The highest BCUT2D eigenvalue weighted by molar-refractivity contribution is 8.19. The number of anilines is 1. The summed E-state index contributed by atoms with van der Waals surface area (Å²) in [5, 5.41) is 5.06. The molecule has 0 radical (unpaired) electrons. The zero-order chi connectivity index (χ0) is 22.1. The Labute approximate surface area is 193 Å². The molecule has 5 nitrogen and oxygen atoms in total. The van der Waals surface area contributed by atoms with Gasteiger partial charge in [-0.25, -0.2) is 9.58 Å². The lowest BCUT2D eigenvalue weighted by atomic mass is 10.1. The van der Waals surface area contributed by atoms with Crippen LogP contribution in [0.25, 0.3) is 23.0 Å². The highest BCUT2D eigenvalue weighted by atomic mass is 35.5. The van der Waals surface area contributed by atoms with Gasteiger partial charge in [-0.15, -0.1) is 0 Å². The van der Waals surface area contributed by atoms with E-state index in [1.54, 1.807) is 47.2 Å². The predicted molar refractivity (Wildman–Crippen MR) is 129 cm³/mol. The Balaban J connectivity index is 1.59. The van der Waals surface area contributed by atoms with E-state index in [2.05, 4.69) is 0 Å². The molecule has 0 bridgehead atoms. The van der Waals surface area contributed by atoms with Crippen LogP contribution in [0.3, 0.4) is 0 Å². The molecule has 7 heteroatoms. The van der Waals surface area contributed by atoms with E-state index in [9.17, 15) is 9.59 Å². The van der Waals surface area contributed by atoms with E-state index < -0.39 is 0 Å². The van der Waals surface area contributed by atoms with Crippen molar-refractivity contribution >= 4 is 46.3 Å². The molecule has 2 heterocycles. The molecule has 1 aromatic heterocycles. The van der Waals surface area contributed by atoms with Crippen LogP contribution in [0, 0.1) is 0 Å². The van der Waals surface area contributed by atoms with Crippen molar-refractivity contribution in [2.45, 2.75) is 0 Å². The SMILES string of the molecule is O=C1S/C(=C\c2cn(-c3ccccc3)nc2-c2ccc(Cl)cc2)C(=O)N1c1ccccc1. The molecule has 0 N–H and O–H groups in total. The molecular formula is C25H16ClN3O2S. The Morgan fingerprint density at radius 2 is 1.44 bits per heavy atom. The third-order valence-electron chi connectivity index (χ3n) is 4.98. The van der Waals surface area contributed by atoms with Gasteiger partial charge in [-0.05, 0) is 54.2 Å². The average Bonchev–Trinajstić information content (AvgIpc) is 3.36. The molecule has 0 spiro atoms. The average molecular weight is 458 g/mol. The van der Waals surface area contributed by atoms with Crippen molar-refractivity contribution in [2.24, 2.45) is 0 Å². The fraction of sp³-hybridized carbons (Fsp3) is 0. The van der Waals surface area contributed by atoms with Crippen LogP contribution in [-0.4, -0.2) is 20.9 Å². The molecule has 32 heavy (non-hydrogen) atoms. The minimum atomic E-state index is -0.347. The zero-order valence-corrected chi connectivity index (χ0v) is 18.3. The first-order chi connectivity index (χ1) is 15.6. The van der Waals surface area contributed by atoms with Gasteiger partial charge in [0, 0.05) is 22.3 Å². The number of thioether (sulfide) groups is 1. The molecule has 1 saturated heterocycles. The molecule has 0 aliphatic carbocycles. The molecule has 5 rings (SSSR count). The number of amides is 2. The normalized spacial score (nSPS) is 15.0. The van der Waals surface area contributed by atoms with E-state index in [-0.39, 0.29) is 11.1 Å². The summed E-state index contributed by atoms with van der Waals surface area (Å²) in [7, 11) is 0. The molecule has 0 unspecified atom stereocenters. The maximum Gasteiger partial charge on any atom is 0.298 e. The Hall–Kier alpha value is -3.61. The van der Waals surface area contributed by atoms with E-state index in [4.69, 9.17) is 16.7 Å². The highest BCUT2D eigenvalue weighted by Crippen LogP contribution is 2.37. The third kappa shape index (κ3) is 3.86. The van der Waals surface area contributed by atoms with Gasteiger partial charge in [-0.1, -0.05) is 60.1 Å². The van der Waals surface area contributed by atoms with Gasteiger partial charge in [0.1, 0.15) is 0 Å². The second-order valence-corrected chi connectivity index (χ2v) is 8.50. The molecule has 1 aliphatic heterocycles. The number of benzene rings is 3. The van der Waals surface area contributed by atoms with Crippen LogP contribution in [0.5, 0.6) is 0 Å². The lowest BCUT2D eigenvalue weighted by Crippen LogP contribution is -2.27. The Kier molecular flexibility index (Phi) is 5.39. The van der Waals surface area contributed by atoms with Gasteiger partial charge in [0.2, 0.25) is 0 Å². The lowest BCUT2D eigenvalue weighted by molar-refractivity contribution is -0.113. The smallest absolute Gasteiger partial charge is 0.268 e. The number of imide groups is 1. The summed E-state index contributed by atoms with van der Waals surface area (Å²) in [6, 6.07) is 26.0. The van der Waals surface area contributed by atoms with Crippen molar-refractivity contribution in [3.63, 3.8) is 0 Å². The predicted octanol–water partition coefficient (Wildman–Crippen LogP) is 6.43. The maximum absolute atomic E-state index is 13.1. The molecule has 156 valence electrons. The Bertz CT molecular complexity index is 1330. The van der Waals surface area contributed by atoms with Crippen LogP contribution < -0.4 is 4.90 Å². The first-order valence-electron chi connectivity index (χ1n) is 9.84. The number of para-hydroxylation sites is 2. The molecule has 1 fully saturated rings. The number of hydrogen-bond acceptors (Lipinski definition) is 4. The van der Waals surface area contributed by atoms with Crippen molar-refractivity contribution in [3.8, 4) is 16.9 Å². The monoisotopic (exact) mass is 457 g/mol. The van der Waals surface area contributed by atoms with Crippen LogP contribution in [-0.2, 0) is 4.79 Å². The molecule has 2 amide bonds. The number of nitrogens with zero attached hydrogens (tertiary/aromatic N) is 3. The number of hydrogen-bond donors (Lipinski definition) is 0. The minimum Gasteiger partial charge on any atom is -0.268 e. The van der Waals surface area contributed by atoms with E-state index in [0.717, 1.165) is 28.6 Å². The van der Waals surface area contributed by atoms with Crippen molar-refractivity contribution in [1.29, 1.82) is 0 Å². The first-order valence-corrected chi connectivity index (χ1v) is 11.0. The standard InChI is InChI=1S/C25H16ClN3O2S/c26-19-13-11-17(12-14-19)23-18(16-28(27-23)20-7-3-1-4-8-20)15-22-24(30)29(25(31)32-22)21-9-5-2-6-10-21/h1-16H/b22-15-. The van der Waals surface area contributed by atoms with Gasteiger partial charge in [-0.2, -0.15) is 5.10 Å². The summed E-state index contributed by atoms with van der Waals surface area (Å²) >= 11 is 6.98. The first kappa shape index (κ1) is 20.3. The summed E-state index contributed by atoms with van der Waals surface area (Å²) in [6.07, 6.45) is 3.58. The van der Waals surface area contributed by atoms with Crippen LogP contribution in [0.15, 0.2) is 96.0 Å². The molecule has 1 aliphatic rings. The summed E-state index contributed by atoms with van der Waals surface area (Å²) in [5.41, 5.74) is 3.72. The molecule has 0 saturated carbocycles. The third-order valence-corrected chi connectivity index (χ3v) is 6.10. The molecule has 4 aromatic rings. The molecule has 3 aromatic carbocycles. The zero-order valence-electron chi connectivity index (χ0n) is 16.7. The summed E-state index contributed by atoms with van der Waals surface area (Å²) in [4.78, 5) is 27.2. The number of aromatic nitrogens is 2. The van der Waals surface area contributed by atoms with Crippen molar-refractivity contribution in [3.05, 3.63) is 107 Å². The van der Waals surface area contributed by atoms with Crippen LogP contribution in [0.2, 0.25) is 5.02 Å². The van der Waals surface area contributed by atoms with Crippen LogP contribution in [0.4, 0.5) is 10.5 Å². The van der Waals surface area contributed by atoms with Crippen LogP contribution >= 0.6 is 23.4 Å². The van der Waals surface area contributed by atoms with Crippen molar-refractivity contribution < 1.29 is 9.59 Å². The topological polar surface area (TPSA) is 55.2 Å². The van der Waals surface area contributed by atoms with Crippen molar-refractivity contribution in [2.75, 3.05) is 4.90 Å². The molecular weight excluding hydrogens is 442 g/mol. The van der Waals surface area contributed by atoms with Gasteiger partial charge >= 0.3 is 0 Å². The summed E-state index contributed by atoms with van der Waals surface area (Å²) in [5.74, 6) is -0.347. The van der Waals surface area contributed by atoms with E-state index in [1.807, 2.05) is 54.7 Å². The van der Waals surface area contributed by atoms with Gasteiger partial charge in [0.25, 0.3) is 11.1 Å². The fourth-order valence-electron chi connectivity index (χ4n) is 3.45. The minimum absolute atomic E-state index is 0.323. The van der Waals surface area contributed by atoms with E-state index in [1.165, 1.54) is 4.90 Å². The Morgan fingerprint density at radius 1 is 0.812 bits per heavy atom. The second-order valence-electron chi connectivity index (χ2n) is 7.07. The van der Waals surface area contributed by atoms with Gasteiger partial charge in [0.05, 0.1) is 22.0 Å².